The maximum atomic E-state index is 12.3. The number of carbonyl (C=O) groups is 1. The van der Waals surface area contributed by atoms with Crippen LogP contribution in [0.4, 0.5) is 5.69 Å². The molecule has 0 radical (unpaired) electrons. The molecule has 146 valence electrons. The number of benzene rings is 2. The Kier molecular flexibility index (Phi) is 5.60. The number of likely N-dealkylation sites (N-methyl/N-ethyl adjacent to an activating group) is 1. The predicted octanol–water partition coefficient (Wildman–Crippen LogP) is 2.81. The fourth-order valence-electron chi connectivity index (χ4n) is 3.38. The van der Waals surface area contributed by atoms with Crippen LogP contribution in [0.1, 0.15) is 11.1 Å². The lowest BCUT2D eigenvalue weighted by Crippen LogP contribution is -2.43. The van der Waals surface area contributed by atoms with Crippen LogP contribution in [0.2, 0.25) is 0 Å². The average Bonchev–Trinajstić information content (AvgIpc) is 3.16. The molecule has 2 aliphatic heterocycles. The van der Waals surface area contributed by atoms with E-state index in [1.54, 1.807) is 6.08 Å². The van der Waals surface area contributed by atoms with Crippen molar-refractivity contribution in [2.45, 2.75) is 6.54 Å². The summed E-state index contributed by atoms with van der Waals surface area (Å²) in [6.45, 7) is 5.50. The Hall–Kier alpha value is -2.83. The van der Waals surface area contributed by atoms with E-state index >= 15 is 0 Å². The van der Waals surface area contributed by atoms with Gasteiger partial charge < -0.3 is 19.7 Å². The third-order valence-corrected chi connectivity index (χ3v) is 5.02. The first-order valence-corrected chi connectivity index (χ1v) is 9.54. The zero-order chi connectivity index (χ0) is 19.3. The number of nitrogens with one attached hydrogen (secondary N) is 1. The highest BCUT2D eigenvalue weighted by atomic mass is 16.7. The Labute approximate surface area is 165 Å². The molecule has 6 nitrogen and oxygen atoms in total. The monoisotopic (exact) mass is 379 g/mol. The van der Waals surface area contributed by atoms with Crippen LogP contribution in [-0.4, -0.2) is 55.7 Å². The summed E-state index contributed by atoms with van der Waals surface area (Å²) in [5.74, 6) is 1.28. The van der Waals surface area contributed by atoms with Crippen LogP contribution in [0.25, 0.3) is 6.08 Å². The van der Waals surface area contributed by atoms with E-state index in [4.69, 9.17) is 9.47 Å². The number of anilines is 1. The molecule has 2 heterocycles. The molecule has 0 unspecified atom stereocenters. The normalized spacial score (nSPS) is 17.2. The van der Waals surface area contributed by atoms with Crippen LogP contribution in [0.3, 0.4) is 0 Å². The van der Waals surface area contributed by atoms with Crippen molar-refractivity contribution in [1.82, 2.24) is 9.80 Å². The van der Waals surface area contributed by atoms with Crippen molar-refractivity contribution in [3.8, 4) is 11.5 Å². The van der Waals surface area contributed by atoms with Crippen LogP contribution in [-0.2, 0) is 11.3 Å². The molecule has 6 heteroatoms. The molecule has 0 aliphatic carbocycles. The highest BCUT2D eigenvalue weighted by Crippen LogP contribution is 2.32. The average molecular weight is 379 g/mol. The molecular formula is C22H25N3O3. The van der Waals surface area contributed by atoms with E-state index < -0.39 is 0 Å². The van der Waals surface area contributed by atoms with E-state index in [0.29, 0.717) is 5.75 Å². The van der Waals surface area contributed by atoms with Crippen molar-refractivity contribution in [1.29, 1.82) is 0 Å². The lowest BCUT2D eigenvalue weighted by atomic mass is 10.1. The minimum atomic E-state index is -0.158. The van der Waals surface area contributed by atoms with E-state index in [2.05, 4.69) is 28.2 Å². The topological polar surface area (TPSA) is 54.0 Å². The number of amides is 1. The summed E-state index contributed by atoms with van der Waals surface area (Å²) in [5.41, 5.74) is 2.91. The number of piperazine rings is 1. The van der Waals surface area contributed by atoms with Crippen molar-refractivity contribution in [3.63, 3.8) is 0 Å². The van der Waals surface area contributed by atoms with Crippen molar-refractivity contribution < 1.29 is 14.3 Å². The van der Waals surface area contributed by atoms with Crippen LogP contribution in [0, 0.1) is 0 Å². The third-order valence-electron chi connectivity index (χ3n) is 5.02. The van der Waals surface area contributed by atoms with Crippen LogP contribution in [0.5, 0.6) is 11.5 Å². The summed E-state index contributed by atoms with van der Waals surface area (Å²) in [6, 6.07) is 13.7. The van der Waals surface area contributed by atoms with E-state index in [9.17, 15) is 4.79 Å². The largest absolute Gasteiger partial charge is 0.454 e. The van der Waals surface area contributed by atoms with Gasteiger partial charge in [-0.1, -0.05) is 18.2 Å². The predicted molar refractivity (Wildman–Crippen MR) is 109 cm³/mol. The molecule has 0 saturated carbocycles. The highest BCUT2D eigenvalue weighted by molar-refractivity contribution is 6.02. The maximum absolute atomic E-state index is 12.3. The molecule has 0 bridgehead atoms. The second-order valence-electron chi connectivity index (χ2n) is 7.22. The minimum absolute atomic E-state index is 0.158. The fraction of sp³-hybridized carbons (Fsp3) is 0.318. The Balaban J connectivity index is 1.34. The summed E-state index contributed by atoms with van der Waals surface area (Å²) in [4.78, 5) is 17.1. The Morgan fingerprint density at radius 2 is 1.89 bits per heavy atom. The highest BCUT2D eigenvalue weighted by Gasteiger charge is 2.14. The SMILES string of the molecule is CN1CCN(Cc2cccc(NC(=O)/C=C/c3ccc4c(c3)OCO4)c2)CC1. The molecule has 1 fully saturated rings. The maximum Gasteiger partial charge on any atom is 0.248 e. The molecule has 0 aromatic heterocycles. The third kappa shape index (κ3) is 4.71. The van der Waals surface area contributed by atoms with Gasteiger partial charge in [0.05, 0.1) is 0 Å². The quantitative estimate of drug-likeness (QED) is 0.810. The smallest absolute Gasteiger partial charge is 0.248 e. The van der Waals surface area contributed by atoms with Crippen molar-refractivity contribution in [3.05, 3.63) is 59.7 Å². The second kappa shape index (κ2) is 8.46. The van der Waals surface area contributed by atoms with Crippen molar-refractivity contribution in [2.75, 3.05) is 45.3 Å². The number of hydrogen-bond acceptors (Lipinski definition) is 5. The number of hydrogen-bond donors (Lipinski definition) is 1. The first kappa shape index (κ1) is 18.5. The van der Waals surface area contributed by atoms with E-state index in [-0.39, 0.29) is 12.7 Å². The van der Waals surface area contributed by atoms with Crippen LogP contribution < -0.4 is 14.8 Å². The molecule has 4 rings (SSSR count). The van der Waals surface area contributed by atoms with Gasteiger partial charge in [0.2, 0.25) is 12.7 Å². The van der Waals surface area contributed by atoms with Gasteiger partial charge in [-0.2, -0.15) is 0 Å². The number of fused-ring (bicyclic) bond motifs is 1. The summed E-state index contributed by atoms with van der Waals surface area (Å²) >= 11 is 0. The minimum Gasteiger partial charge on any atom is -0.454 e. The molecule has 2 aromatic rings. The van der Waals surface area contributed by atoms with Gasteiger partial charge >= 0.3 is 0 Å². The fourth-order valence-corrected chi connectivity index (χ4v) is 3.38. The van der Waals surface area contributed by atoms with Gasteiger partial charge in [0, 0.05) is 44.5 Å². The van der Waals surface area contributed by atoms with E-state index in [0.717, 1.165) is 49.7 Å². The molecular weight excluding hydrogens is 354 g/mol. The van der Waals surface area contributed by atoms with E-state index in [1.165, 1.54) is 11.6 Å². The molecule has 0 atom stereocenters. The molecule has 1 N–H and O–H groups in total. The Morgan fingerprint density at radius 3 is 2.75 bits per heavy atom. The van der Waals surface area contributed by atoms with Gasteiger partial charge in [-0.15, -0.1) is 0 Å². The lowest BCUT2D eigenvalue weighted by Gasteiger charge is -2.32. The van der Waals surface area contributed by atoms with Crippen LogP contribution in [0.15, 0.2) is 48.5 Å². The number of nitrogens with zero attached hydrogens (tertiary/aromatic N) is 2. The second-order valence-corrected chi connectivity index (χ2v) is 7.22. The summed E-state index contributed by atoms with van der Waals surface area (Å²) in [7, 11) is 2.16. The van der Waals surface area contributed by atoms with Crippen molar-refractivity contribution in [2.24, 2.45) is 0 Å². The van der Waals surface area contributed by atoms with E-state index in [1.807, 2.05) is 36.4 Å². The molecule has 2 aliphatic rings. The number of ether oxygens (including phenoxy) is 2. The molecule has 2 aromatic carbocycles. The molecule has 28 heavy (non-hydrogen) atoms. The first-order valence-electron chi connectivity index (χ1n) is 9.54. The van der Waals surface area contributed by atoms with Crippen LogP contribution >= 0.6 is 0 Å². The summed E-state index contributed by atoms with van der Waals surface area (Å²) in [5, 5.41) is 2.94. The number of rotatable bonds is 5. The Bertz CT molecular complexity index is 873. The van der Waals surface area contributed by atoms with Crippen molar-refractivity contribution >= 4 is 17.7 Å². The molecule has 0 spiro atoms. The van der Waals surface area contributed by atoms with Gasteiger partial charge in [0.25, 0.3) is 0 Å². The lowest BCUT2D eigenvalue weighted by molar-refractivity contribution is -0.111. The summed E-state index contributed by atoms with van der Waals surface area (Å²) < 4.78 is 10.7. The number of carbonyl (C=O) groups excluding carboxylic acids is 1. The van der Waals surface area contributed by atoms with Gasteiger partial charge in [0.15, 0.2) is 11.5 Å². The first-order chi connectivity index (χ1) is 13.7. The Morgan fingerprint density at radius 1 is 1.07 bits per heavy atom. The molecule has 1 amide bonds. The van der Waals surface area contributed by atoms with Gasteiger partial charge in [-0.05, 0) is 48.5 Å². The zero-order valence-corrected chi connectivity index (χ0v) is 16.1. The zero-order valence-electron chi connectivity index (χ0n) is 16.1. The summed E-state index contributed by atoms with van der Waals surface area (Å²) in [6.07, 6.45) is 3.30. The molecule has 1 saturated heterocycles. The van der Waals surface area contributed by atoms with Gasteiger partial charge in [-0.25, -0.2) is 0 Å². The standard InChI is InChI=1S/C22H25N3O3/c1-24-9-11-25(12-10-24)15-18-3-2-4-19(13-18)23-22(26)8-6-17-5-7-20-21(14-17)28-16-27-20/h2-8,13-14H,9-12,15-16H2,1H3,(H,23,26)/b8-6+. The van der Waals surface area contributed by atoms with Gasteiger partial charge in [0.1, 0.15) is 0 Å². The van der Waals surface area contributed by atoms with Gasteiger partial charge in [-0.3, -0.25) is 9.69 Å².